The summed E-state index contributed by atoms with van der Waals surface area (Å²) >= 11 is 3.42. The molecule has 0 fully saturated rings. The Labute approximate surface area is 187 Å². The van der Waals surface area contributed by atoms with Crippen molar-refractivity contribution in [2.75, 3.05) is 13.2 Å². The fourth-order valence-electron chi connectivity index (χ4n) is 2.85. The van der Waals surface area contributed by atoms with E-state index in [4.69, 9.17) is 4.74 Å². The van der Waals surface area contributed by atoms with Gasteiger partial charge in [0.2, 0.25) is 5.91 Å². The lowest BCUT2D eigenvalue weighted by atomic mass is 10.1. The topological polar surface area (TPSA) is 58.6 Å². The molecule has 1 unspecified atom stereocenters. The van der Waals surface area contributed by atoms with E-state index in [2.05, 4.69) is 21.2 Å². The number of aryl methyl sites for hydroxylation is 2. The highest BCUT2D eigenvalue weighted by atomic mass is 79.9. The van der Waals surface area contributed by atoms with Crippen LogP contribution in [-0.4, -0.2) is 35.9 Å². The molecule has 0 aliphatic carbocycles. The Balaban J connectivity index is 2.13. The predicted octanol–water partition coefficient (Wildman–Crippen LogP) is 4.63. The zero-order valence-corrected chi connectivity index (χ0v) is 20.0. The van der Waals surface area contributed by atoms with Gasteiger partial charge in [0.25, 0.3) is 5.91 Å². The lowest BCUT2D eigenvalue weighted by Gasteiger charge is -2.29. The molecule has 0 radical (unpaired) electrons. The lowest BCUT2D eigenvalue weighted by molar-refractivity contribution is -0.142. The summed E-state index contributed by atoms with van der Waals surface area (Å²) in [6.07, 6.45) is 0. The molecule has 0 bridgehead atoms. The van der Waals surface area contributed by atoms with E-state index in [1.807, 2.05) is 70.2 Å². The van der Waals surface area contributed by atoms with Gasteiger partial charge in [-0.25, -0.2) is 0 Å². The minimum absolute atomic E-state index is 0.124. The predicted molar refractivity (Wildman–Crippen MR) is 123 cm³/mol. The Morgan fingerprint density at radius 2 is 1.70 bits per heavy atom. The molecule has 0 aromatic heterocycles. The average Bonchev–Trinajstić information content (AvgIpc) is 2.71. The van der Waals surface area contributed by atoms with Gasteiger partial charge in [0.15, 0.2) is 6.61 Å². The van der Waals surface area contributed by atoms with E-state index in [0.717, 1.165) is 15.6 Å². The molecule has 0 saturated carbocycles. The lowest BCUT2D eigenvalue weighted by Crippen LogP contribution is -2.49. The smallest absolute Gasteiger partial charge is 0.261 e. The highest BCUT2D eigenvalue weighted by Gasteiger charge is 2.26. The summed E-state index contributed by atoms with van der Waals surface area (Å²) in [7, 11) is 0. The first-order chi connectivity index (χ1) is 14.2. The number of amides is 2. The van der Waals surface area contributed by atoms with Crippen LogP contribution < -0.4 is 10.1 Å². The van der Waals surface area contributed by atoms with Gasteiger partial charge in [0.1, 0.15) is 11.8 Å². The van der Waals surface area contributed by atoms with Crippen molar-refractivity contribution in [3.8, 4) is 5.75 Å². The minimum atomic E-state index is -0.608. The fraction of sp³-hybridized carbons (Fsp3) is 0.417. The second-order valence-corrected chi connectivity index (χ2v) is 8.91. The van der Waals surface area contributed by atoms with Crippen molar-refractivity contribution < 1.29 is 14.3 Å². The van der Waals surface area contributed by atoms with Gasteiger partial charge in [-0.3, -0.25) is 9.59 Å². The molecule has 5 nitrogen and oxygen atoms in total. The molecule has 0 spiro atoms. The van der Waals surface area contributed by atoms with Crippen LogP contribution in [0.25, 0.3) is 0 Å². The van der Waals surface area contributed by atoms with E-state index in [0.29, 0.717) is 24.8 Å². The molecule has 162 valence electrons. The van der Waals surface area contributed by atoms with Crippen molar-refractivity contribution in [3.63, 3.8) is 0 Å². The van der Waals surface area contributed by atoms with Crippen LogP contribution in [0, 0.1) is 19.8 Å². The van der Waals surface area contributed by atoms with Gasteiger partial charge in [-0.15, -0.1) is 0 Å². The maximum absolute atomic E-state index is 13.0. The van der Waals surface area contributed by atoms with Gasteiger partial charge in [0.05, 0.1) is 0 Å². The zero-order chi connectivity index (χ0) is 22.3. The maximum Gasteiger partial charge on any atom is 0.261 e. The standard InChI is InChI=1S/C24H31BrN2O3/c1-16(2)13-26-24(29)19(5)27(14-20-7-9-21(25)10-8-20)23(28)15-30-22-11-6-17(3)18(4)12-22/h6-12,16,19H,13-15H2,1-5H3,(H,26,29). The molecule has 30 heavy (non-hydrogen) atoms. The summed E-state index contributed by atoms with van der Waals surface area (Å²) in [6.45, 7) is 10.6. The van der Waals surface area contributed by atoms with Crippen LogP contribution in [0.1, 0.15) is 37.5 Å². The number of carbonyl (C=O) groups is 2. The molecule has 6 heteroatoms. The van der Waals surface area contributed by atoms with E-state index >= 15 is 0 Å². The Bertz CT molecular complexity index is 865. The molecule has 2 aromatic carbocycles. The van der Waals surface area contributed by atoms with Gasteiger partial charge in [0, 0.05) is 17.6 Å². The molecule has 2 aromatic rings. The number of benzene rings is 2. The number of rotatable bonds is 9. The average molecular weight is 475 g/mol. The van der Waals surface area contributed by atoms with Crippen molar-refractivity contribution >= 4 is 27.7 Å². The molecule has 0 aliphatic rings. The van der Waals surface area contributed by atoms with E-state index in [1.54, 1.807) is 11.8 Å². The number of hydrogen-bond donors (Lipinski definition) is 1. The van der Waals surface area contributed by atoms with Crippen molar-refractivity contribution in [1.29, 1.82) is 0 Å². The zero-order valence-electron chi connectivity index (χ0n) is 18.4. The number of nitrogens with one attached hydrogen (secondary N) is 1. The van der Waals surface area contributed by atoms with Gasteiger partial charge in [-0.05, 0) is 67.6 Å². The number of ether oxygens (including phenoxy) is 1. The van der Waals surface area contributed by atoms with Crippen LogP contribution >= 0.6 is 15.9 Å². The molecule has 2 rings (SSSR count). The highest BCUT2D eigenvalue weighted by molar-refractivity contribution is 9.10. The molecule has 0 saturated heterocycles. The van der Waals surface area contributed by atoms with E-state index < -0.39 is 6.04 Å². The molecular formula is C24H31BrN2O3. The number of hydrogen-bond acceptors (Lipinski definition) is 3. The summed E-state index contributed by atoms with van der Waals surface area (Å²) in [5.41, 5.74) is 3.22. The maximum atomic E-state index is 13.0. The quantitative estimate of drug-likeness (QED) is 0.575. The second kappa shape index (κ2) is 11.2. The van der Waals surface area contributed by atoms with E-state index in [1.165, 1.54) is 5.56 Å². The molecule has 1 N–H and O–H groups in total. The van der Waals surface area contributed by atoms with Crippen molar-refractivity contribution in [2.24, 2.45) is 5.92 Å². The van der Waals surface area contributed by atoms with Crippen LogP contribution in [0.4, 0.5) is 0 Å². The number of halogens is 1. The fourth-order valence-corrected chi connectivity index (χ4v) is 3.12. The number of nitrogens with zero attached hydrogens (tertiary/aromatic N) is 1. The van der Waals surface area contributed by atoms with Crippen LogP contribution in [-0.2, 0) is 16.1 Å². The normalized spacial score (nSPS) is 11.8. The second-order valence-electron chi connectivity index (χ2n) is 8.00. The summed E-state index contributed by atoms with van der Waals surface area (Å²) in [4.78, 5) is 27.2. The van der Waals surface area contributed by atoms with E-state index in [-0.39, 0.29) is 18.4 Å². The Morgan fingerprint density at radius 3 is 2.30 bits per heavy atom. The van der Waals surface area contributed by atoms with Gasteiger partial charge >= 0.3 is 0 Å². The molecule has 0 heterocycles. The van der Waals surface area contributed by atoms with Crippen LogP contribution in [0.15, 0.2) is 46.9 Å². The third kappa shape index (κ3) is 7.17. The summed E-state index contributed by atoms with van der Waals surface area (Å²) in [5.74, 6) is 0.584. The number of carbonyl (C=O) groups excluding carboxylic acids is 2. The Kier molecular flexibility index (Phi) is 8.90. The van der Waals surface area contributed by atoms with Gasteiger partial charge in [-0.2, -0.15) is 0 Å². The third-order valence-electron chi connectivity index (χ3n) is 4.96. The molecule has 2 amide bonds. The SMILES string of the molecule is Cc1ccc(OCC(=O)N(Cc2ccc(Br)cc2)C(C)C(=O)NCC(C)C)cc1C. The van der Waals surface area contributed by atoms with Crippen LogP contribution in [0.5, 0.6) is 5.75 Å². The summed E-state index contributed by atoms with van der Waals surface area (Å²) < 4.78 is 6.70. The van der Waals surface area contributed by atoms with Crippen LogP contribution in [0.3, 0.4) is 0 Å². The summed E-state index contributed by atoms with van der Waals surface area (Å²) in [5, 5.41) is 2.92. The minimum Gasteiger partial charge on any atom is -0.484 e. The first kappa shape index (κ1) is 23.9. The molecular weight excluding hydrogens is 444 g/mol. The first-order valence-corrected chi connectivity index (χ1v) is 11.0. The van der Waals surface area contributed by atoms with Crippen molar-refractivity contribution in [2.45, 2.75) is 47.2 Å². The molecule has 1 atom stereocenters. The van der Waals surface area contributed by atoms with Crippen molar-refractivity contribution in [1.82, 2.24) is 10.2 Å². The van der Waals surface area contributed by atoms with E-state index in [9.17, 15) is 9.59 Å². The van der Waals surface area contributed by atoms with Crippen molar-refractivity contribution in [3.05, 3.63) is 63.6 Å². The summed E-state index contributed by atoms with van der Waals surface area (Å²) in [6, 6.07) is 12.9. The monoisotopic (exact) mass is 474 g/mol. The third-order valence-corrected chi connectivity index (χ3v) is 5.49. The Hall–Kier alpha value is -2.34. The molecule has 0 aliphatic heterocycles. The van der Waals surface area contributed by atoms with Gasteiger partial charge < -0.3 is 15.0 Å². The first-order valence-electron chi connectivity index (χ1n) is 10.2. The van der Waals surface area contributed by atoms with Crippen LogP contribution in [0.2, 0.25) is 0 Å². The largest absolute Gasteiger partial charge is 0.484 e. The van der Waals surface area contributed by atoms with Gasteiger partial charge in [-0.1, -0.05) is 48.0 Å². The highest BCUT2D eigenvalue weighted by Crippen LogP contribution is 2.18. The Morgan fingerprint density at radius 1 is 1.03 bits per heavy atom.